The Kier molecular flexibility index (Phi) is 6.26. The highest BCUT2D eigenvalue weighted by Gasteiger charge is 2.30. The van der Waals surface area contributed by atoms with Crippen LogP contribution in [0.2, 0.25) is 0 Å². The van der Waals surface area contributed by atoms with Crippen LogP contribution in [0, 0.1) is 19.7 Å². The van der Waals surface area contributed by atoms with Crippen molar-refractivity contribution in [2.75, 3.05) is 10.6 Å². The smallest absolute Gasteiger partial charge is 0.244 e. The van der Waals surface area contributed by atoms with E-state index in [2.05, 4.69) is 5.32 Å². The van der Waals surface area contributed by atoms with E-state index >= 15 is 0 Å². The fourth-order valence-electron chi connectivity index (χ4n) is 2.87. The van der Waals surface area contributed by atoms with Gasteiger partial charge in [-0.25, -0.2) is 12.8 Å². The monoisotopic (exact) mass is 392 g/mol. The number of nitrogens with zero attached hydrogens (tertiary/aromatic N) is 1. The van der Waals surface area contributed by atoms with Crippen LogP contribution >= 0.6 is 0 Å². The van der Waals surface area contributed by atoms with Crippen molar-refractivity contribution in [3.8, 4) is 0 Å². The minimum Gasteiger partial charge on any atom is -0.348 e. The van der Waals surface area contributed by atoms with Gasteiger partial charge in [0.25, 0.3) is 0 Å². The van der Waals surface area contributed by atoms with Crippen molar-refractivity contribution < 1.29 is 17.6 Å². The number of carbonyl (C=O) groups is 1. The second-order valence-electron chi connectivity index (χ2n) is 6.79. The first-order chi connectivity index (χ1) is 12.5. The summed E-state index contributed by atoms with van der Waals surface area (Å²) >= 11 is 0. The van der Waals surface area contributed by atoms with Crippen LogP contribution in [-0.4, -0.2) is 26.6 Å². The van der Waals surface area contributed by atoms with Gasteiger partial charge in [0.15, 0.2) is 0 Å². The summed E-state index contributed by atoms with van der Waals surface area (Å²) in [4.78, 5) is 12.7. The molecule has 2 aromatic rings. The number of benzene rings is 2. The van der Waals surface area contributed by atoms with Crippen molar-refractivity contribution in [3.05, 3.63) is 65.0 Å². The third-order valence-corrected chi connectivity index (χ3v) is 5.78. The normalized spacial score (nSPS) is 13.7. The number of anilines is 1. The van der Waals surface area contributed by atoms with Gasteiger partial charge in [-0.2, -0.15) is 0 Å². The predicted octanol–water partition coefficient (Wildman–Crippen LogP) is 3.47. The zero-order chi connectivity index (χ0) is 20.4. The van der Waals surface area contributed by atoms with Crippen molar-refractivity contribution in [1.29, 1.82) is 0 Å². The lowest BCUT2D eigenvalue weighted by molar-refractivity contribution is -0.122. The number of hydrogen-bond donors (Lipinski definition) is 1. The van der Waals surface area contributed by atoms with E-state index in [4.69, 9.17) is 0 Å². The highest BCUT2D eigenvalue weighted by atomic mass is 32.2. The Morgan fingerprint density at radius 1 is 1.07 bits per heavy atom. The highest BCUT2D eigenvalue weighted by Crippen LogP contribution is 2.23. The van der Waals surface area contributed by atoms with E-state index in [1.165, 1.54) is 25.1 Å². The third-order valence-electron chi connectivity index (χ3n) is 4.54. The predicted molar refractivity (Wildman–Crippen MR) is 106 cm³/mol. The first-order valence-corrected chi connectivity index (χ1v) is 10.5. The molecule has 0 saturated heterocycles. The van der Waals surface area contributed by atoms with Gasteiger partial charge in [0, 0.05) is 0 Å². The Hall–Kier alpha value is -2.41. The summed E-state index contributed by atoms with van der Waals surface area (Å²) in [6, 6.07) is 9.75. The van der Waals surface area contributed by atoms with Crippen molar-refractivity contribution >= 4 is 21.6 Å². The first kappa shape index (κ1) is 20.9. The van der Waals surface area contributed by atoms with Gasteiger partial charge in [-0.1, -0.05) is 24.3 Å². The molecule has 0 radical (unpaired) electrons. The molecule has 0 aliphatic rings. The lowest BCUT2D eigenvalue weighted by Crippen LogP contribution is -2.48. The number of rotatable bonds is 6. The molecule has 0 aliphatic heterocycles. The summed E-state index contributed by atoms with van der Waals surface area (Å²) in [5.74, 6) is -1.03. The van der Waals surface area contributed by atoms with Gasteiger partial charge in [-0.05, 0) is 62.6 Å². The number of amides is 1. The van der Waals surface area contributed by atoms with Crippen molar-refractivity contribution in [2.24, 2.45) is 0 Å². The standard InChI is InChI=1S/C20H25FN2O3S/c1-13-9-10-17(11-14(13)2)15(3)22-20(24)16(4)23(27(5,25)26)19-8-6-7-18(21)12-19/h6-12,15-16H,1-5H3,(H,22,24)/t15-,16-/m0/s1. The second-order valence-corrected chi connectivity index (χ2v) is 8.65. The lowest BCUT2D eigenvalue weighted by atomic mass is 10.0. The highest BCUT2D eigenvalue weighted by molar-refractivity contribution is 7.92. The van der Waals surface area contributed by atoms with Gasteiger partial charge < -0.3 is 5.32 Å². The number of nitrogens with one attached hydrogen (secondary N) is 1. The Balaban J connectivity index is 2.25. The number of aryl methyl sites for hydroxylation is 2. The SMILES string of the molecule is Cc1ccc([C@H](C)NC(=O)[C@H](C)N(c2cccc(F)c2)S(C)(=O)=O)cc1C. The maximum absolute atomic E-state index is 13.6. The number of halogens is 1. The Morgan fingerprint density at radius 2 is 1.74 bits per heavy atom. The molecular formula is C20H25FN2O3S. The zero-order valence-corrected chi connectivity index (χ0v) is 17.0. The van der Waals surface area contributed by atoms with Gasteiger partial charge in [0.2, 0.25) is 15.9 Å². The van der Waals surface area contributed by atoms with Crippen molar-refractivity contribution in [1.82, 2.24) is 5.32 Å². The minimum absolute atomic E-state index is 0.110. The molecule has 0 bridgehead atoms. The molecular weight excluding hydrogens is 367 g/mol. The molecule has 2 atom stereocenters. The maximum Gasteiger partial charge on any atom is 0.244 e. The van der Waals surface area contributed by atoms with Gasteiger partial charge >= 0.3 is 0 Å². The summed E-state index contributed by atoms with van der Waals surface area (Å²) in [7, 11) is -3.79. The molecule has 1 N–H and O–H groups in total. The van der Waals surface area contributed by atoms with E-state index < -0.39 is 27.8 Å². The van der Waals surface area contributed by atoms with Crippen LogP contribution in [0.3, 0.4) is 0 Å². The molecule has 0 heterocycles. The van der Waals surface area contributed by atoms with Gasteiger partial charge in [-0.3, -0.25) is 9.10 Å². The van der Waals surface area contributed by atoms with Crippen LogP contribution in [0.25, 0.3) is 0 Å². The molecule has 0 aliphatic carbocycles. The Labute approximate surface area is 160 Å². The molecule has 2 aromatic carbocycles. The van der Waals surface area contributed by atoms with E-state index in [-0.39, 0.29) is 11.7 Å². The molecule has 2 rings (SSSR count). The summed E-state index contributed by atoms with van der Waals surface area (Å²) in [5, 5.41) is 2.84. The summed E-state index contributed by atoms with van der Waals surface area (Å²) in [6.45, 7) is 7.31. The van der Waals surface area contributed by atoms with Crippen molar-refractivity contribution in [2.45, 2.75) is 39.8 Å². The minimum atomic E-state index is -3.79. The molecule has 7 heteroatoms. The molecule has 0 aromatic heterocycles. The molecule has 1 amide bonds. The Bertz CT molecular complexity index is 944. The molecule has 0 saturated carbocycles. The topological polar surface area (TPSA) is 66.5 Å². The van der Waals surface area contributed by atoms with E-state index in [1.54, 1.807) is 0 Å². The van der Waals surface area contributed by atoms with Gasteiger partial charge in [-0.15, -0.1) is 0 Å². The summed E-state index contributed by atoms with van der Waals surface area (Å²) in [5.41, 5.74) is 3.30. The summed E-state index contributed by atoms with van der Waals surface area (Å²) in [6.07, 6.45) is 0.994. The largest absolute Gasteiger partial charge is 0.348 e. The molecule has 5 nitrogen and oxygen atoms in total. The van der Waals surface area contributed by atoms with Crippen LogP contribution in [0.4, 0.5) is 10.1 Å². The Morgan fingerprint density at radius 3 is 2.30 bits per heavy atom. The molecule has 146 valence electrons. The molecule has 27 heavy (non-hydrogen) atoms. The van der Waals surface area contributed by atoms with Gasteiger partial charge in [0.1, 0.15) is 11.9 Å². The third kappa shape index (κ3) is 5.07. The quantitative estimate of drug-likeness (QED) is 0.819. The van der Waals surface area contributed by atoms with Gasteiger partial charge in [0.05, 0.1) is 18.0 Å². The fraction of sp³-hybridized carbons (Fsp3) is 0.350. The second kappa shape index (κ2) is 8.08. The van der Waals surface area contributed by atoms with E-state index in [9.17, 15) is 17.6 Å². The lowest BCUT2D eigenvalue weighted by Gasteiger charge is -2.29. The van der Waals surface area contributed by atoms with Crippen LogP contribution < -0.4 is 9.62 Å². The number of hydrogen-bond acceptors (Lipinski definition) is 3. The maximum atomic E-state index is 13.6. The number of carbonyl (C=O) groups excluding carboxylic acids is 1. The van der Waals surface area contributed by atoms with E-state index in [1.807, 2.05) is 39.0 Å². The fourth-order valence-corrected chi connectivity index (χ4v) is 4.04. The van der Waals surface area contributed by atoms with Crippen molar-refractivity contribution in [3.63, 3.8) is 0 Å². The van der Waals surface area contributed by atoms with E-state index in [0.29, 0.717) is 0 Å². The average molecular weight is 392 g/mol. The molecule has 0 fully saturated rings. The first-order valence-electron chi connectivity index (χ1n) is 8.63. The summed E-state index contributed by atoms with van der Waals surface area (Å²) < 4.78 is 39.0. The van der Waals surface area contributed by atoms with Crippen LogP contribution in [0.5, 0.6) is 0 Å². The van der Waals surface area contributed by atoms with Crippen LogP contribution in [-0.2, 0) is 14.8 Å². The zero-order valence-electron chi connectivity index (χ0n) is 16.2. The van der Waals surface area contributed by atoms with Crippen LogP contribution in [0.1, 0.15) is 36.6 Å². The molecule has 0 unspecified atom stereocenters. The van der Waals surface area contributed by atoms with E-state index in [0.717, 1.165) is 33.3 Å². The average Bonchev–Trinajstić information content (AvgIpc) is 2.56. The van der Waals surface area contributed by atoms with Crippen LogP contribution in [0.15, 0.2) is 42.5 Å². The molecule has 0 spiro atoms. The number of sulfonamides is 1.